The Bertz CT molecular complexity index is 1320. The van der Waals surface area contributed by atoms with Crippen LogP contribution in [0.25, 0.3) is 0 Å². The Morgan fingerprint density at radius 3 is 2.24 bits per heavy atom. The Morgan fingerprint density at radius 1 is 0.909 bits per heavy atom. The molecule has 0 saturated heterocycles. The minimum absolute atomic E-state index is 0.0261. The molecular weight excluding hydrogens is 442 g/mol. The number of ketones is 1. The highest BCUT2D eigenvalue weighted by Crippen LogP contribution is 2.24. The van der Waals surface area contributed by atoms with Crippen LogP contribution in [0.5, 0.6) is 0 Å². The van der Waals surface area contributed by atoms with Crippen LogP contribution in [0.1, 0.15) is 44.9 Å². The van der Waals surface area contributed by atoms with Crippen molar-refractivity contribution in [1.29, 1.82) is 0 Å². The summed E-state index contributed by atoms with van der Waals surface area (Å²) in [5, 5.41) is 2.68. The van der Waals surface area contributed by atoms with Crippen molar-refractivity contribution in [1.82, 2.24) is 0 Å². The minimum Gasteiger partial charge on any atom is -0.444 e. The first-order valence-corrected chi connectivity index (χ1v) is 11.9. The zero-order valence-corrected chi connectivity index (χ0v) is 19.2. The molecule has 8 heteroatoms. The van der Waals surface area contributed by atoms with Crippen LogP contribution < -0.4 is 5.32 Å². The van der Waals surface area contributed by atoms with Gasteiger partial charge in [-0.15, -0.1) is 0 Å². The van der Waals surface area contributed by atoms with Crippen molar-refractivity contribution in [3.63, 3.8) is 0 Å². The topological polar surface area (TPSA) is 107 Å². The van der Waals surface area contributed by atoms with Gasteiger partial charge in [-0.25, -0.2) is 13.2 Å². The van der Waals surface area contributed by atoms with E-state index in [1.54, 1.807) is 55.5 Å². The molecule has 7 nitrogen and oxygen atoms in total. The number of carbonyl (C=O) groups excluding carboxylic acids is 3. The Morgan fingerprint density at radius 2 is 1.61 bits per heavy atom. The SMILES string of the molecule is CC(=O)c1cccc(NC(=O)C(OC(=O)c2cc(S(C)(=O)=O)ccc2C)c2ccccc2)c1. The fourth-order valence-corrected chi connectivity index (χ4v) is 3.79. The molecule has 0 bridgehead atoms. The standard InChI is InChI=1S/C25H23NO6S/c1-16-12-13-21(33(3,30)31)15-22(16)25(29)32-23(18-8-5-4-6-9-18)24(28)26-20-11-7-10-19(14-20)17(2)27/h4-15,23H,1-3H3,(H,26,28). The van der Waals surface area contributed by atoms with E-state index >= 15 is 0 Å². The van der Waals surface area contributed by atoms with E-state index in [0.29, 0.717) is 22.4 Å². The molecule has 1 N–H and O–H groups in total. The Labute approximate surface area is 192 Å². The van der Waals surface area contributed by atoms with Gasteiger partial charge in [-0.2, -0.15) is 0 Å². The number of Topliss-reactive ketones (excluding diaryl/α,β-unsaturated/α-hetero) is 1. The number of esters is 1. The van der Waals surface area contributed by atoms with Crippen LogP contribution in [0.3, 0.4) is 0 Å². The number of sulfone groups is 1. The Kier molecular flexibility index (Phi) is 7.08. The second-order valence-corrected chi connectivity index (χ2v) is 9.59. The summed E-state index contributed by atoms with van der Waals surface area (Å²) in [5.74, 6) is -1.61. The van der Waals surface area contributed by atoms with Gasteiger partial charge in [0.15, 0.2) is 15.6 Å². The molecule has 0 aliphatic rings. The van der Waals surface area contributed by atoms with Gasteiger partial charge in [0.25, 0.3) is 5.91 Å². The molecule has 0 aromatic heterocycles. The molecule has 3 aromatic carbocycles. The number of carbonyl (C=O) groups is 3. The predicted octanol–water partition coefficient (Wildman–Crippen LogP) is 4.14. The summed E-state index contributed by atoms with van der Waals surface area (Å²) < 4.78 is 29.4. The molecule has 1 amide bonds. The van der Waals surface area contributed by atoms with Gasteiger partial charge in [0.05, 0.1) is 10.5 Å². The first-order chi connectivity index (χ1) is 15.6. The highest BCUT2D eigenvalue weighted by atomic mass is 32.2. The summed E-state index contributed by atoms with van der Waals surface area (Å²) >= 11 is 0. The van der Waals surface area contributed by atoms with Crippen LogP contribution in [0.15, 0.2) is 77.7 Å². The smallest absolute Gasteiger partial charge is 0.339 e. The van der Waals surface area contributed by atoms with E-state index in [2.05, 4.69) is 5.32 Å². The van der Waals surface area contributed by atoms with Crippen LogP contribution in [0.2, 0.25) is 0 Å². The lowest BCUT2D eigenvalue weighted by atomic mass is 10.1. The quantitative estimate of drug-likeness (QED) is 0.415. The van der Waals surface area contributed by atoms with Gasteiger partial charge in [0.2, 0.25) is 6.10 Å². The van der Waals surface area contributed by atoms with Gasteiger partial charge in [-0.05, 0) is 43.7 Å². The van der Waals surface area contributed by atoms with Gasteiger partial charge in [0, 0.05) is 23.1 Å². The molecule has 3 rings (SSSR count). The first-order valence-electron chi connectivity index (χ1n) is 10.0. The van der Waals surface area contributed by atoms with E-state index in [1.165, 1.54) is 31.2 Å². The molecule has 0 heterocycles. The number of amides is 1. The van der Waals surface area contributed by atoms with Crippen molar-refractivity contribution in [2.75, 3.05) is 11.6 Å². The molecule has 170 valence electrons. The summed E-state index contributed by atoms with van der Waals surface area (Å²) in [5.41, 5.74) is 1.79. The molecule has 0 aliphatic heterocycles. The lowest BCUT2D eigenvalue weighted by Crippen LogP contribution is -2.26. The number of benzene rings is 3. The molecular formula is C25H23NO6S. The van der Waals surface area contributed by atoms with Gasteiger partial charge >= 0.3 is 5.97 Å². The highest BCUT2D eigenvalue weighted by molar-refractivity contribution is 7.90. The third-order valence-electron chi connectivity index (χ3n) is 4.96. The van der Waals surface area contributed by atoms with Crippen LogP contribution >= 0.6 is 0 Å². The lowest BCUT2D eigenvalue weighted by molar-refractivity contribution is -0.125. The molecule has 3 aromatic rings. The molecule has 1 unspecified atom stereocenters. The van der Waals surface area contributed by atoms with E-state index in [9.17, 15) is 22.8 Å². The van der Waals surface area contributed by atoms with E-state index in [1.807, 2.05) is 0 Å². The summed E-state index contributed by atoms with van der Waals surface area (Å²) in [4.78, 5) is 37.7. The van der Waals surface area contributed by atoms with E-state index in [-0.39, 0.29) is 16.2 Å². The van der Waals surface area contributed by atoms with Crippen LogP contribution in [-0.2, 0) is 19.4 Å². The second-order valence-electron chi connectivity index (χ2n) is 7.57. The zero-order valence-electron chi connectivity index (χ0n) is 18.4. The summed E-state index contributed by atoms with van der Waals surface area (Å²) in [6, 6.07) is 19.0. The maximum atomic E-state index is 13.1. The number of aryl methyl sites for hydroxylation is 1. The van der Waals surface area contributed by atoms with Gasteiger partial charge in [-0.1, -0.05) is 48.5 Å². The summed E-state index contributed by atoms with van der Waals surface area (Å²) in [6.45, 7) is 3.07. The molecule has 0 saturated carbocycles. The minimum atomic E-state index is -3.54. The van der Waals surface area contributed by atoms with Gasteiger partial charge < -0.3 is 10.1 Å². The normalized spacial score (nSPS) is 12.0. The van der Waals surface area contributed by atoms with E-state index in [4.69, 9.17) is 4.74 Å². The van der Waals surface area contributed by atoms with Crippen molar-refractivity contribution >= 4 is 33.2 Å². The van der Waals surface area contributed by atoms with E-state index in [0.717, 1.165) is 6.26 Å². The number of hydrogen-bond donors (Lipinski definition) is 1. The average molecular weight is 466 g/mol. The largest absolute Gasteiger partial charge is 0.444 e. The molecule has 0 aliphatic carbocycles. The summed E-state index contributed by atoms with van der Waals surface area (Å²) in [6.07, 6.45) is -0.261. The third kappa shape index (κ3) is 5.93. The molecule has 1 atom stereocenters. The number of nitrogens with one attached hydrogen (secondary N) is 1. The van der Waals surface area contributed by atoms with Gasteiger partial charge in [-0.3, -0.25) is 9.59 Å². The van der Waals surface area contributed by atoms with E-state index < -0.39 is 27.8 Å². The van der Waals surface area contributed by atoms with Crippen molar-refractivity contribution in [3.05, 3.63) is 95.1 Å². The molecule has 0 radical (unpaired) electrons. The molecule has 0 fully saturated rings. The Hall–Kier alpha value is -3.78. The highest BCUT2D eigenvalue weighted by Gasteiger charge is 2.27. The second kappa shape index (κ2) is 9.79. The van der Waals surface area contributed by atoms with Crippen molar-refractivity contribution in [2.24, 2.45) is 0 Å². The fourth-order valence-electron chi connectivity index (χ4n) is 3.15. The Balaban J connectivity index is 1.93. The van der Waals surface area contributed by atoms with Crippen molar-refractivity contribution in [2.45, 2.75) is 24.8 Å². The molecule has 0 spiro atoms. The van der Waals surface area contributed by atoms with Crippen LogP contribution in [0.4, 0.5) is 5.69 Å². The first kappa shape index (κ1) is 23.9. The summed E-state index contributed by atoms with van der Waals surface area (Å²) in [7, 11) is -3.54. The maximum absolute atomic E-state index is 13.1. The van der Waals surface area contributed by atoms with Crippen LogP contribution in [-0.4, -0.2) is 32.3 Å². The fraction of sp³-hybridized carbons (Fsp3) is 0.160. The number of rotatable bonds is 7. The zero-order chi connectivity index (χ0) is 24.2. The number of ether oxygens (including phenoxy) is 1. The number of anilines is 1. The third-order valence-corrected chi connectivity index (χ3v) is 6.07. The van der Waals surface area contributed by atoms with Crippen molar-refractivity contribution < 1.29 is 27.5 Å². The maximum Gasteiger partial charge on any atom is 0.339 e. The molecule has 33 heavy (non-hydrogen) atoms. The monoisotopic (exact) mass is 465 g/mol. The van der Waals surface area contributed by atoms with Crippen molar-refractivity contribution in [3.8, 4) is 0 Å². The number of hydrogen-bond acceptors (Lipinski definition) is 6. The lowest BCUT2D eigenvalue weighted by Gasteiger charge is -2.19. The van der Waals surface area contributed by atoms with Crippen LogP contribution in [0, 0.1) is 6.92 Å². The van der Waals surface area contributed by atoms with Gasteiger partial charge in [0.1, 0.15) is 0 Å². The average Bonchev–Trinajstić information content (AvgIpc) is 2.77. The predicted molar refractivity (Wildman–Crippen MR) is 124 cm³/mol.